The second-order valence-electron chi connectivity index (χ2n) is 7.55. The highest BCUT2D eigenvalue weighted by Gasteiger charge is 2.19. The van der Waals surface area contributed by atoms with Gasteiger partial charge in [0.15, 0.2) is 0 Å². The van der Waals surface area contributed by atoms with Crippen LogP contribution in [-0.2, 0) is 14.8 Å². The Morgan fingerprint density at radius 2 is 1.71 bits per heavy atom. The van der Waals surface area contributed by atoms with Crippen LogP contribution in [0.5, 0.6) is 0 Å². The Hall–Kier alpha value is -2.34. The first-order valence-corrected chi connectivity index (χ1v) is 11.4. The van der Waals surface area contributed by atoms with E-state index < -0.39 is 10.0 Å². The Bertz CT molecular complexity index is 919. The minimum Gasteiger partial charge on any atom is -0.326 e. The number of carbonyl (C=O) groups excluding carboxylic acids is 1. The zero-order chi connectivity index (χ0) is 20.9. The minimum absolute atomic E-state index is 0.119. The number of nitrogens with one attached hydrogen (secondary N) is 1. The van der Waals surface area contributed by atoms with Crippen molar-refractivity contribution in [3.63, 3.8) is 0 Å². The summed E-state index contributed by atoms with van der Waals surface area (Å²) in [6.45, 7) is 8.33. The van der Waals surface area contributed by atoms with Gasteiger partial charge in [-0.15, -0.1) is 0 Å². The van der Waals surface area contributed by atoms with Gasteiger partial charge in [-0.05, 0) is 61.1 Å². The van der Waals surface area contributed by atoms with Gasteiger partial charge in [0.1, 0.15) is 0 Å². The van der Waals surface area contributed by atoms with E-state index in [0.717, 1.165) is 16.8 Å². The van der Waals surface area contributed by atoms with E-state index in [1.165, 1.54) is 16.1 Å². The van der Waals surface area contributed by atoms with Crippen LogP contribution in [-0.4, -0.2) is 27.1 Å². The largest absolute Gasteiger partial charge is 0.326 e. The van der Waals surface area contributed by atoms with E-state index in [0.29, 0.717) is 18.0 Å². The summed E-state index contributed by atoms with van der Waals surface area (Å²) < 4.78 is 25.9. The first-order chi connectivity index (χ1) is 13.1. The molecule has 2 aromatic carbocycles. The molecule has 0 heterocycles. The number of hydrogen-bond donors (Lipinski definition) is 1. The van der Waals surface area contributed by atoms with Crippen LogP contribution in [0.25, 0.3) is 0 Å². The molecular weight excluding hydrogens is 372 g/mol. The van der Waals surface area contributed by atoms with Crippen molar-refractivity contribution >= 4 is 27.3 Å². The van der Waals surface area contributed by atoms with Gasteiger partial charge in [-0.1, -0.05) is 38.1 Å². The average Bonchev–Trinajstić information content (AvgIpc) is 2.60. The number of benzene rings is 2. The maximum absolute atomic E-state index is 12.3. The Labute approximate surface area is 168 Å². The molecule has 0 aliphatic carbocycles. The maximum atomic E-state index is 12.3. The van der Waals surface area contributed by atoms with Crippen LogP contribution in [0.2, 0.25) is 0 Å². The predicted octanol–water partition coefficient (Wildman–Crippen LogP) is 4.61. The first kappa shape index (κ1) is 22.0. The SMILES string of the molecule is Cc1ccc(C)c(N(CCCC(=O)Nc2ccc(C(C)C)cc2)S(C)(=O)=O)c1. The number of hydrogen-bond acceptors (Lipinski definition) is 3. The summed E-state index contributed by atoms with van der Waals surface area (Å²) in [6, 6.07) is 13.5. The minimum atomic E-state index is -3.43. The summed E-state index contributed by atoms with van der Waals surface area (Å²) >= 11 is 0. The van der Waals surface area contributed by atoms with E-state index in [1.54, 1.807) is 0 Å². The molecule has 0 atom stereocenters. The normalized spacial score (nSPS) is 11.5. The van der Waals surface area contributed by atoms with Crippen molar-refractivity contribution < 1.29 is 13.2 Å². The third-order valence-corrected chi connectivity index (χ3v) is 5.84. The first-order valence-electron chi connectivity index (χ1n) is 9.52. The molecule has 0 radical (unpaired) electrons. The van der Waals surface area contributed by atoms with Crippen LogP contribution in [0.1, 0.15) is 49.3 Å². The van der Waals surface area contributed by atoms with Gasteiger partial charge in [0, 0.05) is 18.7 Å². The fourth-order valence-corrected chi connectivity index (χ4v) is 4.03. The van der Waals surface area contributed by atoms with Gasteiger partial charge < -0.3 is 5.32 Å². The van der Waals surface area contributed by atoms with Gasteiger partial charge in [-0.2, -0.15) is 0 Å². The lowest BCUT2D eigenvalue weighted by molar-refractivity contribution is -0.116. The molecule has 0 unspecified atom stereocenters. The van der Waals surface area contributed by atoms with Crippen molar-refractivity contribution in [1.82, 2.24) is 0 Å². The van der Waals surface area contributed by atoms with Gasteiger partial charge in [0.05, 0.1) is 11.9 Å². The Morgan fingerprint density at radius 3 is 2.29 bits per heavy atom. The molecule has 0 aliphatic heterocycles. The number of carbonyl (C=O) groups is 1. The Kier molecular flexibility index (Phi) is 7.24. The summed E-state index contributed by atoms with van der Waals surface area (Å²) in [6.07, 6.45) is 1.89. The van der Waals surface area contributed by atoms with Gasteiger partial charge in [-0.3, -0.25) is 9.10 Å². The molecule has 0 saturated carbocycles. The van der Waals surface area contributed by atoms with Crippen LogP contribution in [0.4, 0.5) is 11.4 Å². The summed E-state index contributed by atoms with van der Waals surface area (Å²) in [7, 11) is -3.43. The molecule has 0 saturated heterocycles. The van der Waals surface area contributed by atoms with E-state index in [-0.39, 0.29) is 18.9 Å². The van der Waals surface area contributed by atoms with E-state index in [9.17, 15) is 13.2 Å². The number of aryl methyl sites for hydroxylation is 2. The Balaban J connectivity index is 1.98. The van der Waals surface area contributed by atoms with Gasteiger partial charge in [0.25, 0.3) is 0 Å². The number of sulfonamides is 1. The molecule has 0 bridgehead atoms. The maximum Gasteiger partial charge on any atom is 0.232 e. The molecule has 6 heteroatoms. The van der Waals surface area contributed by atoms with E-state index in [4.69, 9.17) is 0 Å². The topological polar surface area (TPSA) is 66.5 Å². The average molecular weight is 403 g/mol. The molecule has 28 heavy (non-hydrogen) atoms. The van der Waals surface area contributed by atoms with Crippen LogP contribution in [0.15, 0.2) is 42.5 Å². The van der Waals surface area contributed by atoms with E-state index >= 15 is 0 Å². The van der Waals surface area contributed by atoms with Crippen molar-refractivity contribution in [2.24, 2.45) is 0 Å². The lowest BCUT2D eigenvalue weighted by Gasteiger charge is -2.24. The van der Waals surface area contributed by atoms with E-state index in [1.807, 2.05) is 56.3 Å². The summed E-state index contributed by atoms with van der Waals surface area (Å²) in [5.74, 6) is 0.323. The molecule has 0 spiro atoms. The zero-order valence-corrected chi connectivity index (χ0v) is 18.1. The highest BCUT2D eigenvalue weighted by Crippen LogP contribution is 2.24. The van der Waals surface area contributed by atoms with Crippen molar-refractivity contribution in [1.29, 1.82) is 0 Å². The second kappa shape index (κ2) is 9.24. The molecule has 1 N–H and O–H groups in total. The standard InChI is InChI=1S/C22H30N2O3S/c1-16(2)19-10-12-20(13-11-19)23-22(25)7-6-14-24(28(5,26)27)21-15-17(3)8-9-18(21)4/h8-13,15-16H,6-7,14H2,1-5H3,(H,23,25). The summed E-state index contributed by atoms with van der Waals surface area (Å²) in [5, 5.41) is 2.87. The van der Waals surface area contributed by atoms with Crippen molar-refractivity contribution in [2.45, 2.75) is 46.5 Å². The van der Waals surface area contributed by atoms with Crippen LogP contribution in [0, 0.1) is 13.8 Å². The van der Waals surface area contributed by atoms with E-state index in [2.05, 4.69) is 19.2 Å². The summed E-state index contributed by atoms with van der Waals surface area (Å²) in [4.78, 5) is 12.2. The van der Waals surface area contributed by atoms with Gasteiger partial charge in [0.2, 0.25) is 15.9 Å². The summed E-state index contributed by atoms with van der Waals surface area (Å²) in [5.41, 5.74) is 4.54. The molecular formula is C22H30N2O3S. The second-order valence-corrected chi connectivity index (χ2v) is 9.46. The Morgan fingerprint density at radius 1 is 1.07 bits per heavy atom. The van der Waals surface area contributed by atoms with Gasteiger partial charge in [-0.25, -0.2) is 8.42 Å². The fraction of sp³-hybridized carbons (Fsp3) is 0.409. The van der Waals surface area contributed by atoms with Crippen molar-refractivity contribution in [3.05, 3.63) is 59.2 Å². The molecule has 0 fully saturated rings. The molecule has 2 aromatic rings. The molecule has 2 rings (SSSR count). The lowest BCUT2D eigenvalue weighted by atomic mass is 10.0. The molecule has 1 amide bonds. The van der Waals surface area contributed by atoms with Crippen molar-refractivity contribution in [3.8, 4) is 0 Å². The monoisotopic (exact) mass is 402 g/mol. The quantitative estimate of drug-likeness (QED) is 0.701. The molecule has 5 nitrogen and oxygen atoms in total. The molecule has 152 valence electrons. The van der Waals surface area contributed by atoms with Crippen LogP contribution >= 0.6 is 0 Å². The van der Waals surface area contributed by atoms with Crippen molar-refractivity contribution in [2.75, 3.05) is 22.4 Å². The number of nitrogens with zero attached hydrogens (tertiary/aromatic N) is 1. The van der Waals surface area contributed by atoms with Gasteiger partial charge >= 0.3 is 0 Å². The predicted molar refractivity (Wildman–Crippen MR) is 117 cm³/mol. The number of amides is 1. The van der Waals surface area contributed by atoms with Crippen LogP contribution < -0.4 is 9.62 Å². The highest BCUT2D eigenvalue weighted by atomic mass is 32.2. The number of anilines is 2. The fourth-order valence-electron chi connectivity index (χ4n) is 3.01. The third kappa shape index (κ3) is 6.09. The third-order valence-electron chi connectivity index (χ3n) is 4.66. The molecule has 0 aromatic heterocycles. The van der Waals surface area contributed by atoms with Crippen LogP contribution in [0.3, 0.4) is 0 Å². The smallest absolute Gasteiger partial charge is 0.232 e. The zero-order valence-electron chi connectivity index (χ0n) is 17.3. The highest BCUT2D eigenvalue weighted by molar-refractivity contribution is 7.92. The molecule has 0 aliphatic rings. The lowest BCUT2D eigenvalue weighted by Crippen LogP contribution is -2.32. The number of rotatable bonds is 8.